The Morgan fingerprint density at radius 2 is 1.91 bits per heavy atom. The number of likely N-dealkylation sites (N-methyl/N-ethyl adjacent to an activating group) is 1. The van der Waals surface area contributed by atoms with Crippen LogP contribution in [0.2, 0.25) is 0 Å². The van der Waals surface area contributed by atoms with Gasteiger partial charge in [0.15, 0.2) is 0 Å². The Bertz CT molecular complexity index is 1570. The number of piperazine rings is 1. The first kappa shape index (κ1) is 30.5. The van der Waals surface area contributed by atoms with Gasteiger partial charge in [0.25, 0.3) is 0 Å². The number of likely N-dealkylation sites (tertiary alicyclic amines) is 1. The van der Waals surface area contributed by atoms with Crippen LogP contribution in [0.3, 0.4) is 0 Å². The van der Waals surface area contributed by atoms with Crippen molar-refractivity contribution in [1.29, 1.82) is 0 Å². The molecule has 0 radical (unpaired) electrons. The smallest absolute Gasteiger partial charge is 0.387 e. The quantitative estimate of drug-likeness (QED) is 0.382. The highest BCUT2D eigenvalue weighted by molar-refractivity contribution is 6.06. The number of hydrogen-bond acceptors (Lipinski definition) is 8. The van der Waals surface area contributed by atoms with Crippen molar-refractivity contribution in [3.8, 4) is 5.75 Å². The van der Waals surface area contributed by atoms with Crippen molar-refractivity contribution < 1.29 is 23.1 Å². The summed E-state index contributed by atoms with van der Waals surface area (Å²) in [5.41, 5.74) is 4.28. The first-order valence-corrected chi connectivity index (χ1v) is 15.3. The summed E-state index contributed by atoms with van der Waals surface area (Å²) in [5.74, 6) is 0.795. The summed E-state index contributed by atoms with van der Waals surface area (Å²) in [6.45, 7) is 5.97. The second-order valence-corrected chi connectivity index (χ2v) is 11.7. The van der Waals surface area contributed by atoms with E-state index in [9.17, 15) is 18.4 Å². The predicted octanol–water partition coefficient (Wildman–Crippen LogP) is 4.84. The second kappa shape index (κ2) is 12.8. The number of nitrogens with one attached hydrogen (secondary N) is 1. The molecule has 3 aliphatic rings. The van der Waals surface area contributed by atoms with E-state index in [1.165, 1.54) is 22.7 Å². The fourth-order valence-electron chi connectivity index (χ4n) is 6.26. The minimum atomic E-state index is -2.98. The summed E-state index contributed by atoms with van der Waals surface area (Å²) in [6, 6.07) is 11.6. The maximum atomic E-state index is 14.1. The molecule has 0 spiro atoms. The molecule has 11 nitrogen and oxygen atoms in total. The number of benzene rings is 2. The lowest BCUT2D eigenvalue weighted by atomic mass is 10.1. The molecule has 3 aromatic rings. The largest absolute Gasteiger partial charge is 0.435 e. The molecular weight excluding hydrogens is 582 g/mol. The highest BCUT2D eigenvalue weighted by Crippen LogP contribution is 2.36. The van der Waals surface area contributed by atoms with Crippen LogP contribution >= 0.6 is 0 Å². The number of carbonyl (C=O) groups excluding carboxylic acids is 2. The minimum Gasteiger partial charge on any atom is -0.435 e. The molecule has 45 heavy (non-hydrogen) atoms. The number of hydrogen-bond donors (Lipinski definition) is 1. The van der Waals surface area contributed by atoms with E-state index in [0.717, 1.165) is 37.4 Å². The number of aryl methyl sites for hydroxylation is 1. The molecule has 6 rings (SSSR count). The Hall–Kier alpha value is -4.52. The Morgan fingerprint density at radius 1 is 1.11 bits per heavy atom. The van der Waals surface area contributed by atoms with Crippen molar-refractivity contribution in [2.45, 2.75) is 45.9 Å². The molecule has 1 aromatic heterocycles. The molecule has 1 atom stereocenters. The molecule has 0 unspecified atom stereocenters. The second-order valence-electron chi connectivity index (χ2n) is 11.7. The van der Waals surface area contributed by atoms with Crippen LogP contribution in [0, 0.1) is 6.92 Å². The molecule has 3 aliphatic heterocycles. The zero-order valence-electron chi connectivity index (χ0n) is 25.7. The molecule has 0 aliphatic carbocycles. The number of halogens is 2. The molecule has 0 saturated carbocycles. The van der Waals surface area contributed by atoms with E-state index in [1.807, 2.05) is 13.0 Å². The van der Waals surface area contributed by atoms with Crippen LogP contribution in [-0.4, -0.2) is 90.7 Å². The van der Waals surface area contributed by atoms with Crippen LogP contribution < -0.4 is 24.8 Å². The predicted molar refractivity (Wildman–Crippen MR) is 169 cm³/mol. The fourth-order valence-corrected chi connectivity index (χ4v) is 6.26. The Kier molecular flexibility index (Phi) is 8.70. The van der Waals surface area contributed by atoms with Crippen molar-refractivity contribution in [2.75, 3.05) is 66.3 Å². The first-order chi connectivity index (χ1) is 21.7. The summed E-state index contributed by atoms with van der Waals surface area (Å²) < 4.78 is 30.5. The third kappa shape index (κ3) is 6.48. The number of ether oxygens (including phenoxy) is 1. The SMILES string of the molecule is CCC(=O)N1CC[C@H](N2C(=O)N(c3cccc(OC(F)F)c3)Cc3cnc(Nc4ccc(N5CCN(C)CC5)c(C)c4)nc32)C1. The van der Waals surface area contributed by atoms with Gasteiger partial charge in [-0.3, -0.25) is 14.6 Å². The van der Waals surface area contributed by atoms with Crippen molar-refractivity contribution in [3.63, 3.8) is 0 Å². The van der Waals surface area contributed by atoms with E-state index >= 15 is 0 Å². The van der Waals surface area contributed by atoms with Crippen molar-refractivity contribution in [3.05, 3.63) is 59.8 Å². The first-order valence-electron chi connectivity index (χ1n) is 15.3. The summed E-state index contributed by atoms with van der Waals surface area (Å²) in [6.07, 6.45) is 2.65. The maximum Gasteiger partial charge on any atom is 0.387 e. The normalized spacial score (nSPS) is 18.9. The fraction of sp³-hybridized carbons (Fsp3) is 0.438. The van der Waals surface area contributed by atoms with E-state index in [-0.39, 0.29) is 30.3 Å². The number of nitrogens with zero attached hydrogens (tertiary/aromatic N) is 7. The lowest BCUT2D eigenvalue weighted by Crippen LogP contribution is -2.53. The summed E-state index contributed by atoms with van der Waals surface area (Å²) in [4.78, 5) is 45.7. The molecule has 1 N–H and O–H groups in total. The van der Waals surface area contributed by atoms with Gasteiger partial charge < -0.3 is 24.8 Å². The van der Waals surface area contributed by atoms with Crippen LogP contribution in [0.4, 0.5) is 42.4 Å². The number of rotatable bonds is 8. The number of aromatic nitrogens is 2. The molecule has 13 heteroatoms. The van der Waals surface area contributed by atoms with E-state index in [1.54, 1.807) is 28.1 Å². The van der Waals surface area contributed by atoms with Crippen molar-refractivity contribution in [2.24, 2.45) is 0 Å². The lowest BCUT2D eigenvalue weighted by molar-refractivity contribution is -0.129. The number of amides is 3. The van der Waals surface area contributed by atoms with Gasteiger partial charge in [-0.15, -0.1) is 0 Å². The van der Waals surface area contributed by atoms with Gasteiger partial charge in [0.2, 0.25) is 11.9 Å². The monoisotopic (exact) mass is 620 g/mol. The molecule has 3 amide bonds. The van der Waals surface area contributed by atoms with Gasteiger partial charge in [0, 0.05) is 80.6 Å². The van der Waals surface area contributed by atoms with Gasteiger partial charge >= 0.3 is 12.6 Å². The molecule has 0 bridgehead atoms. The Balaban J connectivity index is 1.29. The van der Waals surface area contributed by atoms with E-state index in [2.05, 4.69) is 50.9 Å². The molecular formula is C32H38F2N8O3. The summed E-state index contributed by atoms with van der Waals surface area (Å²) in [5, 5.41) is 3.31. The van der Waals surface area contributed by atoms with Gasteiger partial charge in [0.1, 0.15) is 11.6 Å². The number of anilines is 5. The van der Waals surface area contributed by atoms with Gasteiger partial charge in [-0.05, 0) is 56.3 Å². The van der Waals surface area contributed by atoms with Crippen molar-refractivity contribution in [1.82, 2.24) is 19.8 Å². The highest BCUT2D eigenvalue weighted by Gasteiger charge is 2.41. The van der Waals surface area contributed by atoms with Crippen LogP contribution in [0.1, 0.15) is 30.9 Å². The summed E-state index contributed by atoms with van der Waals surface area (Å²) in [7, 11) is 2.14. The standard InChI is InChI=1S/C32H38F2N8O3/c1-4-28(43)40-11-10-25(20-40)42-29-22(19-41(32(42)44)24-6-5-7-26(17-24)45-30(33)34)18-35-31(37-29)36-23-8-9-27(21(2)16-23)39-14-12-38(3)13-15-39/h5-9,16-18,25,30H,4,10-15,19-20H2,1-3H3,(H,35,36,37)/t25-/m0/s1. The number of alkyl halides is 2. The van der Waals surface area contributed by atoms with E-state index in [0.29, 0.717) is 48.9 Å². The Labute approximate surface area is 261 Å². The topological polar surface area (TPSA) is 97.4 Å². The van der Waals surface area contributed by atoms with Gasteiger partial charge in [-0.25, -0.2) is 9.78 Å². The lowest BCUT2D eigenvalue weighted by Gasteiger charge is -2.39. The number of carbonyl (C=O) groups is 2. The average molecular weight is 621 g/mol. The van der Waals surface area contributed by atoms with Gasteiger partial charge in [-0.1, -0.05) is 13.0 Å². The van der Waals surface area contributed by atoms with E-state index in [4.69, 9.17) is 4.98 Å². The maximum absolute atomic E-state index is 14.1. The number of fused-ring (bicyclic) bond motifs is 1. The molecule has 238 valence electrons. The van der Waals surface area contributed by atoms with Gasteiger partial charge in [0.05, 0.1) is 12.6 Å². The van der Waals surface area contributed by atoms with Crippen LogP contribution in [0.25, 0.3) is 0 Å². The third-order valence-electron chi connectivity index (χ3n) is 8.67. The minimum absolute atomic E-state index is 0.0244. The third-order valence-corrected chi connectivity index (χ3v) is 8.67. The van der Waals surface area contributed by atoms with Crippen LogP contribution in [-0.2, 0) is 11.3 Å². The highest BCUT2D eigenvalue weighted by atomic mass is 19.3. The molecule has 4 heterocycles. The average Bonchev–Trinajstić information content (AvgIpc) is 3.51. The van der Waals surface area contributed by atoms with Crippen LogP contribution in [0.5, 0.6) is 5.75 Å². The van der Waals surface area contributed by atoms with Crippen LogP contribution in [0.15, 0.2) is 48.7 Å². The molecule has 2 aromatic carbocycles. The Morgan fingerprint density at radius 3 is 2.64 bits per heavy atom. The molecule has 2 saturated heterocycles. The molecule has 2 fully saturated rings. The van der Waals surface area contributed by atoms with Crippen molar-refractivity contribution >= 4 is 40.8 Å². The summed E-state index contributed by atoms with van der Waals surface area (Å²) >= 11 is 0. The zero-order chi connectivity index (χ0) is 31.7. The van der Waals surface area contributed by atoms with Gasteiger partial charge in [-0.2, -0.15) is 13.8 Å². The zero-order valence-corrected chi connectivity index (χ0v) is 25.7. The number of urea groups is 1. The van der Waals surface area contributed by atoms with E-state index < -0.39 is 6.61 Å².